The van der Waals surface area contributed by atoms with Gasteiger partial charge in [0, 0.05) is 31.1 Å². The summed E-state index contributed by atoms with van der Waals surface area (Å²) in [6, 6.07) is 8.95. The first kappa shape index (κ1) is 17.1. The van der Waals surface area contributed by atoms with Crippen LogP contribution in [-0.4, -0.2) is 48.9 Å². The second-order valence-corrected chi connectivity index (χ2v) is 5.92. The number of rotatable bonds is 7. The van der Waals surface area contributed by atoms with Gasteiger partial charge in [0.05, 0.1) is 12.1 Å². The number of likely N-dealkylation sites (N-methyl/N-ethyl adjacent to an activating group) is 2. The maximum absolute atomic E-state index is 12.0. The molecule has 0 saturated carbocycles. The van der Waals surface area contributed by atoms with Crippen LogP contribution in [0.3, 0.4) is 0 Å². The SMILES string of the molecule is CNCCN(C)C(=O)Cc1csc(NC(=O)c2ccccc2)n1. The number of anilines is 1. The van der Waals surface area contributed by atoms with E-state index in [1.54, 1.807) is 29.5 Å². The van der Waals surface area contributed by atoms with Gasteiger partial charge >= 0.3 is 0 Å². The number of nitrogens with zero attached hydrogens (tertiary/aromatic N) is 2. The van der Waals surface area contributed by atoms with Crippen molar-refractivity contribution in [3.63, 3.8) is 0 Å². The van der Waals surface area contributed by atoms with E-state index in [-0.39, 0.29) is 18.2 Å². The fourth-order valence-corrected chi connectivity index (χ4v) is 2.60. The molecule has 122 valence electrons. The van der Waals surface area contributed by atoms with E-state index in [4.69, 9.17) is 0 Å². The predicted octanol–water partition coefficient (Wildman–Crippen LogP) is 1.62. The molecule has 0 aliphatic heterocycles. The summed E-state index contributed by atoms with van der Waals surface area (Å²) in [5.41, 5.74) is 1.24. The van der Waals surface area contributed by atoms with Gasteiger partial charge in [-0.25, -0.2) is 4.98 Å². The Morgan fingerprint density at radius 2 is 2.00 bits per heavy atom. The molecule has 0 spiro atoms. The first-order chi connectivity index (χ1) is 11.1. The number of nitrogens with one attached hydrogen (secondary N) is 2. The van der Waals surface area contributed by atoms with Gasteiger partial charge in [-0.05, 0) is 19.2 Å². The Morgan fingerprint density at radius 3 is 2.70 bits per heavy atom. The first-order valence-electron chi connectivity index (χ1n) is 7.29. The number of amides is 2. The van der Waals surface area contributed by atoms with E-state index in [0.29, 0.717) is 22.9 Å². The lowest BCUT2D eigenvalue weighted by molar-refractivity contribution is -0.129. The Labute approximate surface area is 139 Å². The van der Waals surface area contributed by atoms with Gasteiger partial charge in [-0.2, -0.15) is 0 Å². The third-order valence-corrected chi connectivity index (χ3v) is 4.07. The quantitative estimate of drug-likeness (QED) is 0.808. The van der Waals surface area contributed by atoms with Crippen molar-refractivity contribution in [3.8, 4) is 0 Å². The molecule has 7 heteroatoms. The normalized spacial score (nSPS) is 10.3. The fourth-order valence-electron chi connectivity index (χ4n) is 1.90. The molecule has 1 aromatic heterocycles. The van der Waals surface area contributed by atoms with E-state index < -0.39 is 0 Å². The van der Waals surface area contributed by atoms with Gasteiger partial charge in [0.1, 0.15) is 0 Å². The van der Waals surface area contributed by atoms with Crippen molar-refractivity contribution in [2.75, 3.05) is 32.5 Å². The largest absolute Gasteiger partial charge is 0.344 e. The molecule has 2 rings (SSSR count). The van der Waals surface area contributed by atoms with Crippen LogP contribution in [0.15, 0.2) is 35.7 Å². The van der Waals surface area contributed by atoms with Crippen LogP contribution in [0.25, 0.3) is 0 Å². The van der Waals surface area contributed by atoms with Gasteiger partial charge in [-0.3, -0.25) is 14.9 Å². The smallest absolute Gasteiger partial charge is 0.257 e. The summed E-state index contributed by atoms with van der Waals surface area (Å²) in [5, 5.41) is 8.05. The summed E-state index contributed by atoms with van der Waals surface area (Å²) in [6.45, 7) is 1.40. The van der Waals surface area contributed by atoms with Gasteiger partial charge in [-0.1, -0.05) is 18.2 Å². The second kappa shape index (κ2) is 8.40. The average Bonchev–Trinajstić information content (AvgIpc) is 3.00. The summed E-state index contributed by atoms with van der Waals surface area (Å²) in [4.78, 5) is 30.1. The third-order valence-electron chi connectivity index (χ3n) is 3.26. The standard InChI is InChI=1S/C16H20N4O2S/c1-17-8-9-20(2)14(21)10-13-11-23-16(18-13)19-15(22)12-6-4-3-5-7-12/h3-7,11,17H,8-10H2,1-2H3,(H,18,19,22). The summed E-state index contributed by atoms with van der Waals surface area (Å²) < 4.78 is 0. The Hall–Kier alpha value is -2.25. The second-order valence-electron chi connectivity index (χ2n) is 5.06. The Morgan fingerprint density at radius 1 is 1.26 bits per heavy atom. The van der Waals surface area contributed by atoms with Crippen molar-refractivity contribution in [1.29, 1.82) is 0 Å². The van der Waals surface area contributed by atoms with Crippen LogP contribution in [-0.2, 0) is 11.2 Å². The number of thiazole rings is 1. The van der Waals surface area contributed by atoms with Gasteiger partial charge < -0.3 is 10.2 Å². The Balaban J connectivity index is 1.90. The van der Waals surface area contributed by atoms with Gasteiger partial charge in [-0.15, -0.1) is 11.3 Å². The minimum Gasteiger partial charge on any atom is -0.344 e. The lowest BCUT2D eigenvalue weighted by atomic mass is 10.2. The number of hydrogen-bond acceptors (Lipinski definition) is 5. The molecule has 0 saturated heterocycles. The van der Waals surface area contributed by atoms with Crippen molar-refractivity contribution < 1.29 is 9.59 Å². The zero-order chi connectivity index (χ0) is 16.7. The van der Waals surface area contributed by atoms with E-state index >= 15 is 0 Å². The van der Waals surface area contributed by atoms with Crippen LogP contribution in [0, 0.1) is 0 Å². The van der Waals surface area contributed by atoms with E-state index in [2.05, 4.69) is 15.6 Å². The molecule has 0 radical (unpaired) electrons. The molecule has 0 aliphatic carbocycles. The fraction of sp³-hybridized carbons (Fsp3) is 0.312. The first-order valence-corrected chi connectivity index (χ1v) is 8.17. The molecular weight excluding hydrogens is 312 g/mol. The molecule has 0 fully saturated rings. The van der Waals surface area contributed by atoms with Crippen LogP contribution in [0.1, 0.15) is 16.1 Å². The van der Waals surface area contributed by atoms with Crippen molar-refractivity contribution in [2.24, 2.45) is 0 Å². The van der Waals surface area contributed by atoms with Crippen molar-refractivity contribution in [2.45, 2.75) is 6.42 Å². The highest BCUT2D eigenvalue weighted by atomic mass is 32.1. The summed E-state index contributed by atoms with van der Waals surface area (Å²) in [5.74, 6) is -0.199. The molecule has 23 heavy (non-hydrogen) atoms. The lowest BCUT2D eigenvalue weighted by Crippen LogP contribution is -2.33. The zero-order valence-corrected chi connectivity index (χ0v) is 14.0. The molecule has 2 amide bonds. The van der Waals surface area contributed by atoms with Crippen LogP contribution < -0.4 is 10.6 Å². The molecule has 1 heterocycles. The highest BCUT2D eigenvalue weighted by Crippen LogP contribution is 2.17. The summed E-state index contributed by atoms with van der Waals surface area (Å²) in [7, 11) is 3.62. The number of aromatic nitrogens is 1. The van der Waals surface area contributed by atoms with Gasteiger partial charge in [0.15, 0.2) is 5.13 Å². The molecule has 0 unspecified atom stereocenters. The molecule has 6 nitrogen and oxygen atoms in total. The van der Waals surface area contributed by atoms with E-state index in [9.17, 15) is 9.59 Å². The predicted molar refractivity (Wildman–Crippen MR) is 91.8 cm³/mol. The monoisotopic (exact) mass is 332 g/mol. The van der Waals surface area contributed by atoms with Crippen molar-refractivity contribution in [3.05, 3.63) is 47.0 Å². The van der Waals surface area contributed by atoms with Crippen LogP contribution in [0.4, 0.5) is 5.13 Å². The minimum absolute atomic E-state index is 0.00601. The zero-order valence-electron chi connectivity index (χ0n) is 13.2. The van der Waals surface area contributed by atoms with E-state index in [0.717, 1.165) is 6.54 Å². The summed E-state index contributed by atoms with van der Waals surface area (Å²) >= 11 is 1.32. The molecule has 2 aromatic rings. The Bertz CT molecular complexity index is 657. The van der Waals surface area contributed by atoms with Crippen LogP contribution in [0.2, 0.25) is 0 Å². The van der Waals surface area contributed by atoms with Crippen molar-refractivity contribution in [1.82, 2.24) is 15.2 Å². The Kier molecular flexibility index (Phi) is 6.25. The lowest BCUT2D eigenvalue weighted by Gasteiger charge is -2.15. The van der Waals surface area contributed by atoms with Crippen LogP contribution >= 0.6 is 11.3 Å². The number of carbonyl (C=O) groups excluding carboxylic acids is 2. The van der Waals surface area contributed by atoms with E-state index in [1.807, 2.05) is 25.2 Å². The number of hydrogen-bond donors (Lipinski definition) is 2. The highest BCUT2D eigenvalue weighted by Gasteiger charge is 2.13. The number of benzene rings is 1. The highest BCUT2D eigenvalue weighted by molar-refractivity contribution is 7.14. The summed E-state index contributed by atoms with van der Waals surface area (Å²) in [6.07, 6.45) is 0.234. The molecule has 0 aliphatic rings. The molecule has 2 N–H and O–H groups in total. The van der Waals surface area contributed by atoms with Gasteiger partial charge in [0.25, 0.3) is 5.91 Å². The van der Waals surface area contributed by atoms with Crippen LogP contribution in [0.5, 0.6) is 0 Å². The average molecular weight is 332 g/mol. The minimum atomic E-state index is -0.205. The maximum Gasteiger partial charge on any atom is 0.257 e. The third kappa shape index (κ3) is 5.15. The maximum atomic E-state index is 12.0. The molecule has 0 bridgehead atoms. The molecule has 0 atom stereocenters. The topological polar surface area (TPSA) is 74.3 Å². The molecule has 1 aromatic carbocycles. The van der Waals surface area contributed by atoms with Crippen molar-refractivity contribution >= 4 is 28.3 Å². The van der Waals surface area contributed by atoms with E-state index in [1.165, 1.54) is 11.3 Å². The number of carbonyl (C=O) groups is 2. The molecular formula is C16H20N4O2S. The van der Waals surface area contributed by atoms with Gasteiger partial charge in [0.2, 0.25) is 5.91 Å².